The van der Waals surface area contributed by atoms with Crippen molar-refractivity contribution in [3.8, 4) is 0 Å². The second-order valence-electron chi connectivity index (χ2n) is 2.68. The number of rotatable bonds is 2. The molecule has 3 nitrogen and oxygen atoms in total. The van der Waals surface area contributed by atoms with Gasteiger partial charge in [-0.1, -0.05) is 0 Å². The van der Waals surface area contributed by atoms with Gasteiger partial charge in [0.1, 0.15) is 0 Å². The molecule has 1 aliphatic rings. The van der Waals surface area contributed by atoms with Crippen molar-refractivity contribution in [1.82, 2.24) is 9.80 Å². The van der Waals surface area contributed by atoms with Crippen LogP contribution in [0.3, 0.4) is 0 Å². The molecular weight excluding hydrogens is 128 g/mol. The highest BCUT2D eigenvalue weighted by molar-refractivity contribution is 4.70. The van der Waals surface area contributed by atoms with E-state index in [1.54, 1.807) is 0 Å². The highest BCUT2D eigenvalue weighted by atomic mass is 16.3. The average Bonchev–Trinajstić information content (AvgIpc) is 1.95. The molecular formula is C7H15N2O-. The van der Waals surface area contributed by atoms with E-state index in [-0.39, 0.29) is 6.61 Å². The van der Waals surface area contributed by atoms with Crippen molar-refractivity contribution >= 4 is 0 Å². The van der Waals surface area contributed by atoms with E-state index in [1.165, 1.54) is 0 Å². The summed E-state index contributed by atoms with van der Waals surface area (Å²) in [7, 11) is 3.84. The molecule has 0 aromatic heterocycles. The summed E-state index contributed by atoms with van der Waals surface area (Å²) in [6, 6.07) is 0. The first-order valence-electron chi connectivity index (χ1n) is 3.71. The van der Waals surface area contributed by atoms with Crippen LogP contribution in [-0.2, 0) is 0 Å². The fourth-order valence-electron chi connectivity index (χ4n) is 1.15. The van der Waals surface area contributed by atoms with Gasteiger partial charge in [-0.3, -0.25) is 11.9 Å². The largest absolute Gasteiger partial charge is 0.457 e. The lowest BCUT2D eigenvalue weighted by Crippen LogP contribution is -2.44. The molecule has 1 heterocycles. The second kappa shape index (κ2) is 3.91. The van der Waals surface area contributed by atoms with Crippen LogP contribution in [0.25, 0.3) is 0 Å². The minimum atomic E-state index is 0.275. The van der Waals surface area contributed by atoms with Crippen molar-refractivity contribution < 1.29 is 5.11 Å². The molecule has 1 fully saturated rings. The number of nitrogens with zero attached hydrogens (tertiary/aromatic N) is 2. The van der Waals surface area contributed by atoms with Crippen LogP contribution in [0.1, 0.15) is 0 Å². The molecule has 1 N–H and O–H groups in total. The maximum atomic E-state index is 8.61. The number of aliphatic hydroxyl groups is 1. The van der Waals surface area contributed by atoms with Gasteiger partial charge >= 0.3 is 0 Å². The molecule has 3 heteroatoms. The predicted octanol–water partition coefficient (Wildman–Crippen LogP) is -0.612. The van der Waals surface area contributed by atoms with Gasteiger partial charge in [0.05, 0.1) is 6.61 Å². The lowest BCUT2D eigenvalue weighted by molar-refractivity contribution is 0.137. The van der Waals surface area contributed by atoms with E-state index in [0.717, 1.165) is 32.7 Å². The standard InChI is InChI=1S/C7H15N2O/c1-8-2-4-9(5-3-8)6-7-10/h10H,1-7H2/q-1. The van der Waals surface area contributed by atoms with Gasteiger partial charge in [-0.2, -0.15) is 0 Å². The molecule has 0 bridgehead atoms. The Labute approximate surface area is 62.2 Å². The van der Waals surface area contributed by atoms with Crippen molar-refractivity contribution in [2.45, 2.75) is 0 Å². The van der Waals surface area contributed by atoms with Crippen LogP contribution in [0.2, 0.25) is 0 Å². The molecule has 1 rings (SSSR count). The molecule has 0 aromatic carbocycles. The minimum absolute atomic E-state index is 0.275. The van der Waals surface area contributed by atoms with Crippen molar-refractivity contribution in [3.05, 3.63) is 7.05 Å². The normalized spacial score (nSPS) is 23.4. The first kappa shape index (κ1) is 7.98. The van der Waals surface area contributed by atoms with Gasteiger partial charge in [-0.25, -0.2) is 0 Å². The van der Waals surface area contributed by atoms with Crippen molar-refractivity contribution in [2.75, 3.05) is 39.3 Å². The molecule has 1 aliphatic heterocycles. The number of β-amino-alcohol motifs (C(OH)–C–C–N with tert-alkyl or cyclic N) is 1. The summed E-state index contributed by atoms with van der Waals surface area (Å²) < 4.78 is 0. The Hall–Kier alpha value is -0.120. The number of aliphatic hydroxyl groups excluding tert-OH is 1. The van der Waals surface area contributed by atoms with Gasteiger partial charge in [0.2, 0.25) is 0 Å². The molecule has 0 unspecified atom stereocenters. The van der Waals surface area contributed by atoms with Crippen molar-refractivity contribution in [1.29, 1.82) is 0 Å². The van der Waals surface area contributed by atoms with Crippen LogP contribution in [-0.4, -0.2) is 54.2 Å². The van der Waals surface area contributed by atoms with Gasteiger partial charge in [-0.05, 0) is 13.1 Å². The lowest BCUT2D eigenvalue weighted by atomic mass is 10.3. The predicted molar refractivity (Wildman–Crippen MR) is 40.5 cm³/mol. The van der Waals surface area contributed by atoms with Crippen LogP contribution < -0.4 is 0 Å². The number of hydrogen-bond acceptors (Lipinski definition) is 3. The first-order valence-corrected chi connectivity index (χ1v) is 3.71. The fourth-order valence-corrected chi connectivity index (χ4v) is 1.15. The zero-order valence-corrected chi connectivity index (χ0v) is 6.29. The quantitative estimate of drug-likeness (QED) is 0.522. The van der Waals surface area contributed by atoms with Gasteiger partial charge in [0.15, 0.2) is 0 Å². The monoisotopic (exact) mass is 143 g/mol. The Kier molecular flexibility index (Phi) is 3.12. The zero-order valence-electron chi connectivity index (χ0n) is 6.29. The summed E-state index contributed by atoms with van der Waals surface area (Å²) in [4.78, 5) is 4.32. The third kappa shape index (κ3) is 2.25. The van der Waals surface area contributed by atoms with E-state index >= 15 is 0 Å². The van der Waals surface area contributed by atoms with Crippen LogP contribution in [0.4, 0.5) is 0 Å². The van der Waals surface area contributed by atoms with Crippen LogP contribution in [0, 0.1) is 7.05 Å². The SMILES string of the molecule is [CH2-]N1CCN(CCO)CC1. The van der Waals surface area contributed by atoms with Gasteiger partial charge in [-0.15, -0.1) is 0 Å². The van der Waals surface area contributed by atoms with Crippen molar-refractivity contribution in [3.63, 3.8) is 0 Å². The smallest absolute Gasteiger partial charge is 0.0558 e. The molecule has 0 atom stereocenters. The summed E-state index contributed by atoms with van der Waals surface area (Å²) in [6.07, 6.45) is 0. The highest BCUT2D eigenvalue weighted by Crippen LogP contribution is 1.97. The molecule has 60 valence electrons. The van der Waals surface area contributed by atoms with E-state index in [1.807, 2.05) is 0 Å². The third-order valence-electron chi connectivity index (χ3n) is 1.88. The molecule has 0 saturated carbocycles. The van der Waals surface area contributed by atoms with Gasteiger partial charge in [0, 0.05) is 19.6 Å². The number of hydrogen-bond donors (Lipinski definition) is 1. The maximum Gasteiger partial charge on any atom is 0.0558 e. The maximum absolute atomic E-state index is 8.61. The van der Waals surface area contributed by atoms with Gasteiger partial charge < -0.3 is 10.0 Å². The summed E-state index contributed by atoms with van der Waals surface area (Å²) in [5.41, 5.74) is 0. The summed E-state index contributed by atoms with van der Waals surface area (Å²) in [5, 5.41) is 8.61. The lowest BCUT2D eigenvalue weighted by Gasteiger charge is -2.36. The summed E-state index contributed by atoms with van der Waals surface area (Å²) in [6.45, 7) is 5.24. The molecule has 0 spiro atoms. The topological polar surface area (TPSA) is 26.7 Å². The molecule has 0 aromatic rings. The Morgan fingerprint density at radius 1 is 1.20 bits per heavy atom. The van der Waals surface area contributed by atoms with E-state index in [0.29, 0.717) is 0 Å². The third-order valence-corrected chi connectivity index (χ3v) is 1.88. The average molecular weight is 143 g/mol. The molecule has 10 heavy (non-hydrogen) atoms. The van der Waals surface area contributed by atoms with Crippen molar-refractivity contribution in [2.24, 2.45) is 0 Å². The highest BCUT2D eigenvalue weighted by Gasteiger charge is 2.08. The van der Waals surface area contributed by atoms with E-state index in [9.17, 15) is 0 Å². The Bertz CT molecular complexity index is 89.6. The molecule has 0 amide bonds. The van der Waals surface area contributed by atoms with Crippen LogP contribution in [0.15, 0.2) is 0 Å². The van der Waals surface area contributed by atoms with E-state index in [2.05, 4.69) is 16.8 Å². The molecule has 0 aliphatic carbocycles. The Balaban J connectivity index is 2.13. The van der Waals surface area contributed by atoms with Crippen LogP contribution in [0.5, 0.6) is 0 Å². The second-order valence-corrected chi connectivity index (χ2v) is 2.68. The zero-order chi connectivity index (χ0) is 7.40. The number of piperazine rings is 1. The van der Waals surface area contributed by atoms with Gasteiger partial charge in [0.25, 0.3) is 0 Å². The van der Waals surface area contributed by atoms with E-state index < -0.39 is 0 Å². The van der Waals surface area contributed by atoms with E-state index in [4.69, 9.17) is 5.11 Å². The Morgan fingerprint density at radius 2 is 1.80 bits per heavy atom. The first-order chi connectivity index (χ1) is 4.83. The Morgan fingerprint density at radius 3 is 2.30 bits per heavy atom. The molecule has 0 radical (unpaired) electrons. The summed E-state index contributed by atoms with van der Waals surface area (Å²) in [5.74, 6) is 0. The molecule has 1 saturated heterocycles. The minimum Gasteiger partial charge on any atom is -0.457 e. The van der Waals surface area contributed by atoms with Crippen LogP contribution >= 0.6 is 0 Å². The fraction of sp³-hybridized carbons (Fsp3) is 0.857. The summed E-state index contributed by atoms with van der Waals surface area (Å²) >= 11 is 0.